The first-order valence-electron chi connectivity index (χ1n) is 8.65. The van der Waals surface area contributed by atoms with Crippen molar-refractivity contribution in [2.75, 3.05) is 19.6 Å². The summed E-state index contributed by atoms with van der Waals surface area (Å²) in [6.45, 7) is 3.67. The lowest BCUT2D eigenvalue weighted by molar-refractivity contribution is 0.0935. The summed E-state index contributed by atoms with van der Waals surface area (Å²) in [4.78, 5) is 19.0. The normalized spacial score (nSPS) is 15.5. The average molecular weight is 334 g/mol. The molecule has 2 heterocycles. The van der Waals surface area contributed by atoms with Crippen molar-refractivity contribution in [3.63, 3.8) is 0 Å². The topological polar surface area (TPSA) is 69.0 Å². The number of amides is 1. The maximum atomic E-state index is 12.2. The molecule has 0 saturated carbocycles. The van der Waals surface area contributed by atoms with Gasteiger partial charge in [0, 0.05) is 24.8 Å². The van der Waals surface area contributed by atoms with Crippen molar-refractivity contribution < 1.29 is 4.79 Å². The lowest BCUT2D eigenvalue weighted by Crippen LogP contribution is -2.38. The zero-order chi connectivity index (χ0) is 17.5. The molecule has 25 heavy (non-hydrogen) atoms. The number of piperidine rings is 1. The van der Waals surface area contributed by atoms with Gasteiger partial charge in [0.2, 0.25) is 0 Å². The molecule has 1 aromatic carbocycles. The molecule has 0 unspecified atom stereocenters. The predicted octanol–water partition coefficient (Wildman–Crippen LogP) is 2.60. The molecule has 3 rings (SSSR count). The van der Waals surface area contributed by atoms with Crippen LogP contribution in [0.4, 0.5) is 0 Å². The van der Waals surface area contributed by atoms with E-state index < -0.39 is 0 Å². The van der Waals surface area contributed by atoms with Crippen molar-refractivity contribution in [3.8, 4) is 6.07 Å². The molecule has 1 N–H and O–H groups in total. The predicted molar refractivity (Wildman–Crippen MR) is 95.7 cm³/mol. The molecule has 128 valence electrons. The highest BCUT2D eigenvalue weighted by Crippen LogP contribution is 2.18. The highest BCUT2D eigenvalue weighted by molar-refractivity contribution is 5.94. The molecule has 0 radical (unpaired) electrons. The van der Waals surface area contributed by atoms with Gasteiger partial charge in [0.15, 0.2) is 0 Å². The number of aromatic nitrogens is 1. The van der Waals surface area contributed by atoms with Crippen LogP contribution in [0.2, 0.25) is 0 Å². The summed E-state index contributed by atoms with van der Waals surface area (Å²) in [6, 6.07) is 14.8. The van der Waals surface area contributed by atoms with Crippen LogP contribution in [0.15, 0.2) is 48.7 Å². The second-order valence-electron chi connectivity index (χ2n) is 6.44. The molecule has 1 saturated heterocycles. The van der Waals surface area contributed by atoms with Gasteiger partial charge in [0.05, 0.1) is 17.3 Å². The standard InChI is InChI=1S/C20H22N4O/c21-13-16-4-6-18(7-5-16)20(25)23-14-17-8-11-24(12-9-17)15-19-3-1-2-10-22-19/h1-7,10,17H,8-9,11-12,14-15H2,(H,23,25). The Morgan fingerprint density at radius 1 is 1.20 bits per heavy atom. The van der Waals surface area contributed by atoms with E-state index in [0.717, 1.165) is 38.2 Å². The Hall–Kier alpha value is -2.71. The first-order chi connectivity index (χ1) is 12.2. The molecule has 5 heteroatoms. The number of hydrogen-bond acceptors (Lipinski definition) is 4. The van der Waals surface area contributed by atoms with Crippen LogP contribution in [-0.2, 0) is 6.54 Å². The van der Waals surface area contributed by atoms with E-state index in [1.54, 1.807) is 24.3 Å². The third-order valence-electron chi connectivity index (χ3n) is 4.65. The Morgan fingerprint density at radius 3 is 2.60 bits per heavy atom. The van der Waals surface area contributed by atoms with E-state index in [2.05, 4.69) is 27.3 Å². The first-order valence-corrected chi connectivity index (χ1v) is 8.65. The highest BCUT2D eigenvalue weighted by atomic mass is 16.1. The van der Waals surface area contributed by atoms with Crippen molar-refractivity contribution in [2.24, 2.45) is 5.92 Å². The largest absolute Gasteiger partial charge is 0.352 e. The molecule has 1 aliphatic heterocycles. The lowest BCUT2D eigenvalue weighted by atomic mass is 9.96. The molecule has 1 aromatic heterocycles. The Kier molecular flexibility index (Phi) is 5.76. The fourth-order valence-corrected chi connectivity index (χ4v) is 3.10. The smallest absolute Gasteiger partial charge is 0.251 e. The molecule has 0 aliphatic carbocycles. The number of nitriles is 1. The second kappa shape index (κ2) is 8.41. The number of pyridine rings is 1. The fraction of sp³-hybridized carbons (Fsp3) is 0.350. The highest BCUT2D eigenvalue weighted by Gasteiger charge is 2.20. The van der Waals surface area contributed by atoms with E-state index in [4.69, 9.17) is 5.26 Å². The van der Waals surface area contributed by atoms with Gasteiger partial charge < -0.3 is 5.32 Å². The summed E-state index contributed by atoms with van der Waals surface area (Å²) >= 11 is 0. The second-order valence-corrected chi connectivity index (χ2v) is 6.44. The zero-order valence-electron chi connectivity index (χ0n) is 14.2. The van der Waals surface area contributed by atoms with Gasteiger partial charge in [0.25, 0.3) is 5.91 Å². The molecular formula is C20H22N4O. The molecule has 5 nitrogen and oxygen atoms in total. The molecule has 0 spiro atoms. The minimum absolute atomic E-state index is 0.0691. The van der Waals surface area contributed by atoms with E-state index in [1.807, 2.05) is 18.3 Å². The zero-order valence-corrected chi connectivity index (χ0v) is 14.2. The molecule has 1 fully saturated rings. The number of nitrogens with one attached hydrogen (secondary N) is 1. The number of nitrogens with zero attached hydrogens (tertiary/aromatic N) is 3. The van der Waals surface area contributed by atoms with Gasteiger partial charge >= 0.3 is 0 Å². The van der Waals surface area contributed by atoms with Crippen LogP contribution in [0.5, 0.6) is 0 Å². The van der Waals surface area contributed by atoms with Crippen LogP contribution in [0.25, 0.3) is 0 Å². The Morgan fingerprint density at radius 2 is 1.96 bits per heavy atom. The SMILES string of the molecule is N#Cc1ccc(C(=O)NCC2CCN(Cc3ccccn3)CC2)cc1. The molecule has 0 atom stereocenters. The van der Waals surface area contributed by atoms with Gasteiger partial charge in [-0.25, -0.2) is 0 Å². The number of rotatable bonds is 5. The lowest BCUT2D eigenvalue weighted by Gasteiger charge is -2.31. The molecular weight excluding hydrogens is 312 g/mol. The van der Waals surface area contributed by atoms with Crippen LogP contribution < -0.4 is 5.32 Å². The third kappa shape index (κ3) is 4.88. The van der Waals surface area contributed by atoms with Gasteiger partial charge in [0.1, 0.15) is 0 Å². The summed E-state index contributed by atoms with van der Waals surface area (Å²) in [5.41, 5.74) is 2.28. The van der Waals surface area contributed by atoms with E-state index in [-0.39, 0.29) is 5.91 Å². The first kappa shape index (κ1) is 17.1. The van der Waals surface area contributed by atoms with Crippen molar-refractivity contribution in [3.05, 3.63) is 65.5 Å². The quantitative estimate of drug-likeness (QED) is 0.912. The van der Waals surface area contributed by atoms with Crippen molar-refractivity contribution in [1.82, 2.24) is 15.2 Å². The van der Waals surface area contributed by atoms with Gasteiger partial charge in [-0.1, -0.05) is 6.07 Å². The molecule has 0 bridgehead atoms. The van der Waals surface area contributed by atoms with Crippen LogP contribution >= 0.6 is 0 Å². The van der Waals surface area contributed by atoms with Gasteiger partial charge in [-0.15, -0.1) is 0 Å². The molecule has 2 aromatic rings. The minimum Gasteiger partial charge on any atom is -0.352 e. The maximum absolute atomic E-state index is 12.2. The van der Waals surface area contributed by atoms with E-state index in [0.29, 0.717) is 23.6 Å². The maximum Gasteiger partial charge on any atom is 0.251 e. The van der Waals surface area contributed by atoms with Crippen molar-refractivity contribution >= 4 is 5.91 Å². The van der Waals surface area contributed by atoms with Crippen LogP contribution in [-0.4, -0.2) is 35.4 Å². The van der Waals surface area contributed by atoms with Gasteiger partial charge in [-0.05, 0) is 68.2 Å². The number of hydrogen-bond donors (Lipinski definition) is 1. The van der Waals surface area contributed by atoms with Gasteiger partial charge in [-0.2, -0.15) is 5.26 Å². The molecule has 1 aliphatic rings. The van der Waals surface area contributed by atoms with E-state index >= 15 is 0 Å². The van der Waals surface area contributed by atoms with Crippen molar-refractivity contribution in [2.45, 2.75) is 19.4 Å². The van der Waals surface area contributed by atoms with Crippen LogP contribution in [0.1, 0.15) is 34.5 Å². The average Bonchev–Trinajstić information content (AvgIpc) is 2.68. The summed E-state index contributed by atoms with van der Waals surface area (Å²) in [5.74, 6) is 0.447. The number of carbonyl (C=O) groups is 1. The summed E-state index contributed by atoms with van der Waals surface area (Å²) in [6.07, 6.45) is 4.00. The van der Waals surface area contributed by atoms with E-state index in [9.17, 15) is 4.79 Å². The Labute approximate surface area is 148 Å². The number of benzene rings is 1. The van der Waals surface area contributed by atoms with E-state index in [1.165, 1.54) is 0 Å². The Balaban J connectivity index is 1.41. The van der Waals surface area contributed by atoms with Crippen LogP contribution in [0.3, 0.4) is 0 Å². The summed E-state index contributed by atoms with van der Waals surface area (Å²) in [5, 5.41) is 11.8. The number of carbonyl (C=O) groups excluding carboxylic acids is 1. The van der Waals surface area contributed by atoms with Crippen molar-refractivity contribution in [1.29, 1.82) is 5.26 Å². The number of likely N-dealkylation sites (tertiary alicyclic amines) is 1. The minimum atomic E-state index is -0.0691. The monoisotopic (exact) mass is 334 g/mol. The fourth-order valence-electron chi connectivity index (χ4n) is 3.10. The van der Waals surface area contributed by atoms with Crippen LogP contribution in [0, 0.1) is 17.2 Å². The van der Waals surface area contributed by atoms with Gasteiger partial charge in [-0.3, -0.25) is 14.7 Å². The summed E-state index contributed by atoms with van der Waals surface area (Å²) in [7, 11) is 0. The third-order valence-corrected chi connectivity index (χ3v) is 4.65. The molecule has 1 amide bonds. The Bertz CT molecular complexity index is 729. The summed E-state index contributed by atoms with van der Waals surface area (Å²) < 4.78 is 0.